The smallest absolute Gasteiger partial charge is 0.184 e. The summed E-state index contributed by atoms with van der Waals surface area (Å²) in [6.07, 6.45) is 3.18. The second-order valence-electron chi connectivity index (χ2n) is 5.13. The molecule has 2 aromatic rings. The number of Topliss-reactive ketones (excluding diaryl/α,β-unsaturated/α-hetero) is 1. The lowest BCUT2D eigenvalue weighted by Gasteiger charge is -2.04. The third-order valence-corrected chi connectivity index (χ3v) is 4.45. The molecule has 0 aliphatic carbocycles. The molecule has 1 unspecified atom stereocenters. The average Bonchev–Trinajstić information content (AvgIpc) is 3.19. The Kier molecular flexibility index (Phi) is 4.28. The summed E-state index contributed by atoms with van der Waals surface area (Å²) < 4.78 is 10.6. The van der Waals surface area contributed by atoms with E-state index in [1.807, 2.05) is 11.4 Å². The monoisotopic (exact) mass is 291 g/mol. The predicted octanol–water partition coefficient (Wildman–Crippen LogP) is 3.33. The molecular formula is C15H17NO3S. The maximum absolute atomic E-state index is 12.1. The van der Waals surface area contributed by atoms with E-state index in [4.69, 9.17) is 9.26 Å². The van der Waals surface area contributed by atoms with Crippen molar-refractivity contribution in [1.29, 1.82) is 0 Å². The van der Waals surface area contributed by atoms with Crippen molar-refractivity contribution >= 4 is 17.1 Å². The lowest BCUT2D eigenvalue weighted by Crippen LogP contribution is -2.05. The van der Waals surface area contributed by atoms with Crippen molar-refractivity contribution in [2.24, 2.45) is 5.92 Å². The van der Waals surface area contributed by atoms with E-state index in [0.29, 0.717) is 24.5 Å². The van der Waals surface area contributed by atoms with Gasteiger partial charge in [-0.2, -0.15) is 0 Å². The summed E-state index contributed by atoms with van der Waals surface area (Å²) in [7, 11) is 0. The minimum Gasteiger partial charge on any atom is -0.381 e. The zero-order valence-electron chi connectivity index (χ0n) is 11.2. The minimum atomic E-state index is 0.0677. The van der Waals surface area contributed by atoms with E-state index in [1.54, 1.807) is 17.4 Å². The van der Waals surface area contributed by atoms with Crippen LogP contribution in [0.3, 0.4) is 0 Å². The highest BCUT2D eigenvalue weighted by molar-refractivity contribution is 7.09. The molecule has 1 aliphatic heterocycles. The summed E-state index contributed by atoms with van der Waals surface area (Å²) in [5, 5.41) is 5.92. The highest BCUT2D eigenvalue weighted by atomic mass is 32.1. The van der Waals surface area contributed by atoms with Crippen molar-refractivity contribution in [1.82, 2.24) is 5.16 Å². The third kappa shape index (κ3) is 3.35. The molecule has 3 heterocycles. The van der Waals surface area contributed by atoms with E-state index in [1.165, 1.54) is 4.88 Å². The number of hydrogen-bond acceptors (Lipinski definition) is 5. The zero-order valence-corrected chi connectivity index (χ0v) is 12.0. The fraction of sp³-hybridized carbons (Fsp3) is 0.467. The van der Waals surface area contributed by atoms with Crippen molar-refractivity contribution in [3.63, 3.8) is 0 Å². The van der Waals surface area contributed by atoms with Gasteiger partial charge in [-0.25, -0.2) is 0 Å². The van der Waals surface area contributed by atoms with Crippen LogP contribution in [0.5, 0.6) is 0 Å². The van der Waals surface area contributed by atoms with Gasteiger partial charge in [0.05, 0.1) is 0 Å². The average molecular weight is 291 g/mol. The third-order valence-electron chi connectivity index (χ3n) is 3.58. The van der Waals surface area contributed by atoms with Crippen molar-refractivity contribution in [3.8, 4) is 0 Å². The zero-order chi connectivity index (χ0) is 13.8. The second-order valence-corrected chi connectivity index (χ2v) is 6.16. The van der Waals surface area contributed by atoms with Gasteiger partial charge in [0.1, 0.15) is 11.5 Å². The van der Waals surface area contributed by atoms with Gasteiger partial charge in [-0.3, -0.25) is 4.79 Å². The van der Waals surface area contributed by atoms with Crippen LogP contribution in [0.1, 0.15) is 40.4 Å². The van der Waals surface area contributed by atoms with Crippen molar-refractivity contribution < 1.29 is 14.1 Å². The number of thiophene rings is 1. The Balaban J connectivity index is 1.54. The molecule has 4 nitrogen and oxygen atoms in total. The van der Waals surface area contributed by atoms with Gasteiger partial charge in [-0.15, -0.1) is 11.3 Å². The topological polar surface area (TPSA) is 52.3 Å². The Morgan fingerprint density at radius 2 is 2.45 bits per heavy atom. The summed E-state index contributed by atoms with van der Waals surface area (Å²) in [6, 6.07) is 5.83. The molecule has 1 fully saturated rings. The van der Waals surface area contributed by atoms with Crippen molar-refractivity contribution in [2.45, 2.75) is 25.7 Å². The standard InChI is InChI=1S/C15H17NO3S/c17-15(4-3-11-5-6-18-10-11)14-9-12(19-16-14)8-13-2-1-7-20-13/h1-2,7,9,11H,3-6,8,10H2. The molecule has 0 bridgehead atoms. The maximum Gasteiger partial charge on any atom is 0.184 e. The number of ether oxygens (including phenoxy) is 1. The molecule has 20 heavy (non-hydrogen) atoms. The Hall–Kier alpha value is -1.46. The molecule has 2 aromatic heterocycles. The molecule has 1 atom stereocenters. The first-order valence-corrected chi connectivity index (χ1v) is 7.78. The molecule has 0 spiro atoms. The summed E-state index contributed by atoms with van der Waals surface area (Å²) in [5.41, 5.74) is 0.454. The Bertz CT molecular complexity index is 555. The first-order chi connectivity index (χ1) is 9.81. The molecule has 1 aliphatic rings. The molecule has 106 valence electrons. The SMILES string of the molecule is O=C(CCC1CCOC1)c1cc(Cc2cccs2)on1. The van der Waals surface area contributed by atoms with E-state index >= 15 is 0 Å². The number of hydrogen-bond donors (Lipinski definition) is 0. The van der Waals surface area contributed by atoms with Gasteiger partial charge < -0.3 is 9.26 Å². The molecule has 5 heteroatoms. The summed E-state index contributed by atoms with van der Waals surface area (Å²) in [5.74, 6) is 1.34. The first-order valence-electron chi connectivity index (χ1n) is 6.90. The highest BCUT2D eigenvalue weighted by Gasteiger charge is 2.19. The van der Waals surface area contributed by atoms with Crippen LogP contribution in [0, 0.1) is 5.92 Å². The van der Waals surface area contributed by atoms with Crippen LogP contribution in [0.25, 0.3) is 0 Å². The fourth-order valence-corrected chi connectivity index (χ4v) is 3.10. The van der Waals surface area contributed by atoms with Crippen LogP contribution in [0.15, 0.2) is 28.1 Å². The van der Waals surface area contributed by atoms with Crippen LogP contribution in [0.2, 0.25) is 0 Å². The summed E-state index contributed by atoms with van der Waals surface area (Å²) >= 11 is 1.68. The van der Waals surface area contributed by atoms with Crippen LogP contribution in [-0.2, 0) is 11.2 Å². The summed E-state index contributed by atoms with van der Waals surface area (Å²) in [4.78, 5) is 13.3. The molecule has 3 rings (SSSR count). The predicted molar refractivity (Wildman–Crippen MR) is 76.1 cm³/mol. The lowest BCUT2D eigenvalue weighted by molar-refractivity contribution is 0.0962. The number of ketones is 1. The minimum absolute atomic E-state index is 0.0677. The van der Waals surface area contributed by atoms with Crippen LogP contribution >= 0.6 is 11.3 Å². The van der Waals surface area contributed by atoms with E-state index in [0.717, 1.165) is 31.8 Å². The van der Waals surface area contributed by atoms with Gasteiger partial charge in [0, 0.05) is 37.0 Å². The van der Waals surface area contributed by atoms with Crippen LogP contribution in [0.4, 0.5) is 0 Å². The number of carbonyl (C=O) groups excluding carboxylic acids is 1. The number of aromatic nitrogens is 1. The van der Waals surface area contributed by atoms with Gasteiger partial charge in [-0.1, -0.05) is 11.2 Å². The Labute approximate surface area is 121 Å². The maximum atomic E-state index is 12.1. The van der Waals surface area contributed by atoms with Crippen molar-refractivity contribution in [3.05, 3.63) is 39.9 Å². The second kappa shape index (κ2) is 6.33. The van der Waals surface area contributed by atoms with E-state index in [2.05, 4.69) is 11.2 Å². The molecule has 0 radical (unpaired) electrons. The number of rotatable bonds is 6. The summed E-state index contributed by atoms with van der Waals surface area (Å²) in [6.45, 7) is 1.61. The number of nitrogens with zero attached hydrogens (tertiary/aromatic N) is 1. The van der Waals surface area contributed by atoms with Crippen LogP contribution < -0.4 is 0 Å². The molecule has 0 amide bonds. The Morgan fingerprint density at radius 3 is 3.20 bits per heavy atom. The largest absolute Gasteiger partial charge is 0.381 e. The van der Waals surface area contributed by atoms with Gasteiger partial charge in [0.15, 0.2) is 5.78 Å². The molecule has 0 aromatic carbocycles. The molecular weight excluding hydrogens is 274 g/mol. The van der Waals surface area contributed by atoms with Gasteiger partial charge in [0.2, 0.25) is 0 Å². The van der Waals surface area contributed by atoms with E-state index in [9.17, 15) is 4.79 Å². The first kappa shape index (κ1) is 13.5. The lowest BCUT2D eigenvalue weighted by atomic mass is 10.00. The molecule has 0 saturated carbocycles. The normalized spacial score (nSPS) is 18.5. The van der Waals surface area contributed by atoms with Crippen molar-refractivity contribution in [2.75, 3.05) is 13.2 Å². The molecule has 1 saturated heterocycles. The van der Waals surface area contributed by atoms with Crippen LogP contribution in [-0.4, -0.2) is 24.2 Å². The Morgan fingerprint density at radius 1 is 1.50 bits per heavy atom. The highest BCUT2D eigenvalue weighted by Crippen LogP contribution is 2.20. The van der Waals surface area contributed by atoms with E-state index < -0.39 is 0 Å². The number of carbonyl (C=O) groups is 1. The van der Waals surface area contributed by atoms with Gasteiger partial charge in [-0.05, 0) is 30.2 Å². The van der Waals surface area contributed by atoms with Gasteiger partial charge in [0.25, 0.3) is 0 Å². The van der Waals surface area contributed by atoms with Gasteiger partial charge >= 0.3 is 0 Å². The van der Waals surface area contributed by atoms with E-state index in [-0.39, 0.29) is 5.78 Å². The quantitative estimate of drug-likeness (QED) is 0.766. The molecule has 0 N–H and O–H groups in total. The fourth-order valence-electron chi connectivity index (χ4n) is 2.39.